The molecule has 1 heterocycles. The van der Waals surface area contributed by atoms with Gasteiger partial charge in [-0.3, -0.25) is 0 Å². The molecule has 0 atom stereocenters. The Morgan fingerprint density at radius 3 is 2.52 bits per heavy atom. The van der Waals surface area contributed by atoms with Crippen molar-refractivity contribution in [1.29, 1.82) is 0 Å². The molecular formula is C14H15Cl2FN4. The minimum atomic E-state index is -0.486. The topological polar surface area (TPSA) is 49.8 Å². The molecule has 21 heavy (non-hydrogen) atoms. The van der Waals surface area contributed by atoms with Crippen LogP contribution in [0, 0.1) is 12.7 Å². The molecule has 0 saturated heterocycles. The van der Waals surface area contributed by atoms with Crippen LogP contribution in [0.1, 0.15) is 18.9 Å². The first-order valence-electron chi connectivity index (χ1n) is 6.50. The van der Waals surface area contributed by atoms with Gasteiger partial charge in [0, 0.05) is 18.3 Å². The third-order valence-corrected chi connectivity index (χ3v) is 3.35. The SMILES string of the molecule is CCCNc1ncc(C)c(Nc2c(Cl)cc(F)cc2Cl)n1. The van der Waals surface area contributed by atoms with Crippen molar-refractivity contribution < 1.29 is 4.39 Å². The lowest BCUT2D eigenvalue weighted by Gasteiger charge is -2.13. The number of hydrogen-bond donors (Lipinski definition) is 2. The number of rotatable bonds is 5. The Hall–Kier alpha value is -1.59. The molecule has 0 bridgehead atoms. The summed E-state index contributed by atoms with van der Waals surface area (Å²) in [6.07, 6.45) is 2.66. The fraction of sp³-hybridized carbons (Fsp3) is 0.286. The van der Waals surface area contributed by atoms with Crippen LogP contribution in [0.15, 0.2) is 18.3 Å². The van der Waals surface area contributed by atoms with E-state index in [-0.39, 0.29) is 10.0 Å². The summed E-state index contributed by atoms with van der Waals surface area (Å²) in [4.78, 5) is 8.55. The van der Waals surface area contributed by atoms with Crippen LogP contribution in [0.4, 0.5) is 21.8 Å². The van der Waals surface area contributed by atoms with Crippen LogP contribution >= 0.6 is 23.2 Å². The Bertz CT molecular complexity index is 626. The zero-order valence-corrected chi connectivity index (χ0v) is 13.2. The highest BCUT2D eigenvalue weighted by Gasteiger charge is 2.11. The van der Waals surface area contributed by atoms with Crippen molar-refractivity contribution in [2.75, 3.05) is 17.2 Å². The van der Waals surface area contributed by atoms with Crippen molar-refractivity contribution in [1.82, 2.24) is 9.97 Å². The second-order valence-corrected chi connectivity index (χ2v) is 5.34. The maximum Gasteiger partial charge on any atom is 0.224 e. The van der Waals surface area contributed by atoms with Crippen molar-refractivity contribution in [3.63, 3.8) is 0 Å². The molecule has 112 valence electrons. The Balaban J connectivity index is 2.31. The molecule has 0 unspecified atom stereocenters. The molecule has 0 fully saturated rings. The summed E-state index contributed by atoms with van der Waals surface area (Å²) in [5.74, 6) is 0.596. The van der Waals surface area contributed by atoms with Gasteiger partial charge in [0.2, 0.25) is 5.95 Å². The highest BCUT2D eigenvalue weighted by atomic mass is 35.5. The summed E-state index contributed by atoms with van der Waals surface area (Å²) in [7, 11) is 0. The fourth-order valence-electron chi connectivity index (χ4n) is 1.67. The summed E-state index contributed by atoms with van der Waals surface area (Å²) >= 11 is 12.0. The largest absolute Gasteiger partial charge is 0.354 e. The predicted octanol–water partition coefficient (Wildman–Crippen LogP) is 4.80. The second kappa shape index (κ2) is 6.91. The molecule has 2 N–H and O–H groups in total. The molecule has 0 aliphatic rings. The van der Waals surface area contributed by atoms with Crippen LogP contribution in [0.5, 0.6) is 0 Å². The first-order valence-corrected chi connectivity index (χ1v) is 7.26. The molecule has 4 nitrogen and oxygen atoms in total. The highest BCUT2D eigenvalue weighted by molar-refractivity contribution is 6.39. The molecule has 2 rings (SSSR count). The maximum atomic E-state index is 13.2. The van der Waals surface area contributed by atoms with Crippen LogP contribution in [0.3, 0.4) is 0 Å². The summed E-state index contributed by atoms with van der Waals surface area (Å²) in [5, 5.41) is 6.52. The lowest BCUT2D eigenvalue weighted by molar-refractivity contribution is 0.628. The summed E-state index contributed by atoms with van der Waals surface area (Å²) < 4.78 is 13.2. The van der Waals surface area contributed by atoms with E-state index in [2.05, 4.69) is 27.5 Å². The van der Waals surface area contributed by atoms with Gasteiger partial charge < -0.3 is 10.6 Å². The molecule has 0 amide bonds. The van der Waals surface area contributed by atoms with E-state index in [0.29, 0.717) is 17.5 Å². The number of aromatic nitrogens is 2. The lowest BCUT2D eigenvalue weighted by Crippen LogP contribution is -2.07. The number of nitrogens with zero attached hydrogens (tertiary/aromatic N) is 2. The van der Waals surface area contributed by atoms with Gasteiger partial charge in [0.1, 0.15) is 11.6 Å². The lowest BCUT2D eigenvalue weighted by atomic mass is 10.3. The molecule has 1 aromatic carbocycles. The molecule has 2 aromatic rings. The number of aryl methyl sites for hydroxylation is 1. The van der Waals surface area contributed by atoms with Gasteiger partial charge in [-0.25, -0.2) is 9.37 Å². The van der Waals surface area contributed by atoms with Gasteiger partial charge in [0.15, 0.2) is 0 Å². The Morgan fingerprint density at radius 2 is 1.90 bits per heavy atom. The van der Waals surface area contributed by atoms with Crippen LogP contribution in [-0.2, 0) is 0 Å². The molecule has 0 aliphatic heterocycles. The molecule has 0 aliphatic carbocycles. The van der Waals surface area contributed by atoms with Gasteiger partial charge in [-0.1, -0.05) is 30.1 Å². The third-order valence-electron chi connectivity index (χ3n) is 2.76. The fourth-order valence-corrected chi connectivity index (χ4v) is 2.23. The van der Waals surface area contributed by atoms with Gasteiger partial charge in [-0.05, 0) is 25.5 Å². The first kappa shape index (κ1) is 15.8. The van der Waals surface area contributed by atoms with E-state index in [0.717, 1.165) is 18.5 Å². The van der Waals surface area contributed by atoms with Gasteiger partial charge in [-0.15, -0.1) is 0 Å². The zero-order chi connectivity index (χ0) is 15.4. The number of hydrogen-bond acceptors (Lipinski definition) is 4. The number of halogens is 3. The molecule has 7 heteroatoms. The normalized spacial score (nSPS) is 10.5. The smallest absolute Gasteiger partial charge is 0.224 e. The quantitative estimate of drug-likeness (QED) is 0.827. The molecule has 0 spiro atoms. The molecule has 1 aromatic heterocycles. The Kier molecular flexibility index (Phi) is 5.20. The van der Waals surface area contributed by atoms with E-state index in [1.807, 2.05) is 6.92 Å². The van der Waals surface area contributed by atoms with Gasteiger partial charge in [0.05, 0.1) is 15.7 Å². The number of anilines is 3. The standard InChI is InChI=1S/C14H15Cl2FN4/c1-3-4-18-14-19-7-8(2)13(21-14)20-12-10(15)5-9(17)6-11(12)16/h5-7H,3-4H2,1-2H3,(H2,18,19,20,21). The predicted molar refractivity (Wildman–Crippen MR) is 85.3 cm³/mol. The average Bonchev–Trinajstić information content (AvgIpc) is 2.43. The molecule has 0 saturated carbocycles. The summed E-state index contributed by atoms with van der Waals surface area (Å²) in [5.41, 5.74) is 1.25. The minimum absolute atomic E-state index is 0.195. The number of nitrogens with one attached hydrogen (secondary N) is 2. The van der Waals surface area contributed by atoms with Gasteiger partial charge in [-0.2, -0.15) is 4.98 Å². The van der Waals surface area contributed by atoms with Crippen molar-refractivity contribution in [2.24, 2.45) is 0 Å². The van der Waals surface area contributed by atoms with E-state index < -0.39 is 5.82 Å². The maximum absolute atomic E-state index is 13.2. The zero-order valence-electron chi connectivity index (χ0n) is 11.7. The summed E-state index contributed by atoms with van der Waals surface area (Å²) in [6.45, 7) is 4.69. The van der Waals surface area contributed by atoms with Crippen molar-refractivity contribution >= 4 is 40.7 Å². The molecular weight excluding hydrogens is 314 g/mol. The second-order valence-electron chi connectivity index (χ2n) is 4.52. The minimum Gasteiger partial charge on any atom is -0.354 e. The monoisotopic (exact) mass is 328 g/mol. The van der Waals surface area contributed by atoms with E-state index in [1.54, 1.807) is 6.20 Å². The summed E-state index contributed by atoms with van der Waals surface area (Å²) in [6, 6.07) is 2.39. The van der Waals surface area contributed by atoms with Gasteiger partial charge in [0.25, 0.3) is 0 Å². The highest BCUT2D eigenvalue weighted by Crippen LogP contribution is 2.34. The van der Waals surface area contributed by atoms with E-state index in [1.165, 1.54) is 12.1 Å². The van der Waals surface area contributed by atoms with Crippen LogP contribution in [-0.4, -0.2) is 16.5 Å². The van der Waals surface area contributed by atoms with Crippen LogP contribution < -0.4 is 10.6 Å². The number of benzene rings is 1. The Labute approximate surface area is 132 Å². The van der Waals surface area contributed by atoms with E-state index >= 15 is 0 Å². The van der Waals surface area contributed by atoms with Crippen LogP contribution in [0.25, 0.3) is 0 Å². The van der Waals surface area contributed by atoms with Crippen molar-refractivity contribution in [3.8, 4) is 0 Å². The molecule has 0 radical (unpaired) electrons. The van der Waals surface area contributed by atoms with Crippen molar-refractivity contribution in [3.05, 3.63) is 39.8 Å². The average molecular weight is 329 g/mol. The van der Waals surface area contributed by atoms with E-state index in [9.17, 15) is 4.39 Å². The Morgan fingerprint density at radius 1 is 1.24 bits per heavy atom. The van der Waals surface area contributed by atoms with E-state index in [4.69, 9.17) is 23.2 Å². The third kappa shape index (κ3) is 3.95. The first-order chi connectivity index (χ1) is 10.0. The van der Waals surface area contributed by atoms with Gasteiger partial charge >= 0.3 is 0 Å². The van der Waals surface area contributed by atoms with Crippen LogP contribution in [0.2, 0.25) is 10.0 Å². The van der Waals surface area contributed by atoms with Crippen molar-refractivity contribution in [2.45, 2.75) is 20.3 Å².